The predicted molar refractivity (Wildman–Crippen MR) is 102 cm³/mol. The number of hydrogen-bond donors (Lipinski definition) is 1. The van der Waals surface area contributed by atoms with Gasteiger partial charge in [0.1, 0.15) is 5.82 Å². The number of carbonyl (C=O) groups excluding carboxylic acids is 1. The van der Waals surface area contributed by atoms with E-state index in [0.717, 1.165) is 28.6 Å². The Labute approximate surface area is 156 Å². The van der Waals surface area contributed by atoms with E-state index in [0.29, 0.717) is 24.8 Å². The summed E-state index contributed by atoms with van der Waals surface area (Å²) in [6, 6.07) is 6.23. The van der Waals surface area contributed by atoms with Gasteiger partial charge in [0.05, 0.1) is 18.1 Å². The molecule has 0 aliphatic carbocycles. The molecular formula is C18H23FN2O2S2. The summed E-state index contributed by atoms with van der Waals surface area (Å²) in [6.45, 7) is 6.10. The van der Waals surface area contributed by atoms with Gasteiger partial charge in [0.15, 0.2) is 4.34 Å². The summed E-state index contributed by atoms with van der Waals surface area (Å²) < 4.78 is 19.2. The van der Waals surface area contributed by atoms with Crippen LogP contribution in [0.1, 0.15) is 20.3 Å². The van der Waals surface area contributed by atoms with Crippen molar-refractivity contribution in [3.05, 3.63) is 35.5 Å². The number of nitrogens with one attached hydrogen (secondary N) is 1. The summed E-state index contributed by atoms with van der Waals surface area (Å²) in [6.07, 6.45) is 1.03. The second-order valence-corrected chi connectivity index (χ2v) is 8.02. The Hall–Kier alpha value is -1.44. The molecule has 0 radical (unpaired) electrons. The fourth-order valence-corrected chi connectivity index (χ4v) is 3.60. The topological polar surface area (TPSA) is 51.2 Å². The SMILES string of the molecule is CC(C)CCOCCNC(=O)CSc1nc(-c2ccc(F)cc2)cs1. The van der Waals surface area contributed by atoms with Crippen molar-refractivity contribution >= 4 is 29.0 Å². The van der Waals surface area contributed by atoms with Crippen molar-refractivity contribution in [3.8, 4) is 11.3 Å². The maximum Gasteiger partial charge on any atom is 0.230 e. The Kier molecular flexibility index (Phi) is 8.37. The molecule has 0 bridgehead atoms. The monoisotopic (exact) mass is 382 g/mol. The second kappa shape index (κ2) is 10.5. The quantitative estimate of drug-likeness (QED) is 0.494. The average Bonchev–Trinajstić information content (AvgIpc) is 3.05. The molecule has 0 atom stereocenters. The minimum absolute atomic E-state index is 0.0315. The molecule has 136 valence electrons. The van der Waals surface area contributed by atoms with Gasteiger partial charge in [-0.2, -0.15) is 0 Å². The van der Waals surface area contributed by atoms with E-state index in [1.165, 1.54) is 35.2 Å². The summed E-state index contributed by atoms with van der Waals surface area (Å²) in [5.74, 6) is 0.654. The smallest absolute Gasteiger partial charge is 0.230 e. The first-order chi connectivity index (χ1) is 12.0. The molecule has 4 nitrogen and oxygen atoms in total. The fourth-order valence-electron chi connectivity index (χ4n) is 1.94. The van der Waals surface area contributed by atoms with E-state index in [9.17, 15) is 9.18 Å². The van der Waals surface area contributed by atoms with Gasteiger partial charge in [0.25, 0.3) is 0 Å². The molecule has 0 spiro atoms. The molecule has 7 heteroatoms. The van der Waals surface area contributed by atoms with E-state index in [1.807, 2.05) is 5.38 Å². The van der Waals surface area contributed by atoms with Crippen molar-refractivity contribution in [2.24, 2.45) is 5.92 Å². The van der Waals surface area contributed by atoms with Crippen molar-refractivity contribution in [2.75, 3.05) is 25.5 Å². The van der Waals surface area contributed by atoms with Crippen LogP contribution >= 0.6 is 23.1 Å². The van der Waals surface area contributed by atoms with Crippen LogP contribution < -0.4 is 5.32 Å². The van der Waals surface area contributed by atoms with E-state index in [4.69, 9.17) is 4.74 Å². The lowest BCUT2D eigenvalue weighted by atomic mass is 10.1. The second-order valence-electron chi connectivity index (χ2n) is 5.94. The predicted octanol–water partition coefficient (Wildman–Crippen LogP) is 4.22. The van der Waals surface area contributed by atoms with Crippen LogP contribution in [-0.2, 0) is 9.53 Å². The summed E-state index contributed by atoms with van der Waals surface area (Å²) in [5.41, 5.74) is 1.67. The Balaban J connectivity index is 1.66. The number of benzene rings is 1. The molecular weight excluding hydrogens is 359 g/mol. The van der Waals surface area contributed by atoms with Crippen LogP contribution in [-0.4, -0.2) is 36.4 Å². The maximum absolute atomic E-state index is 12.9. The number of thiazole rings is 1. The van der Waals surface area contributed by atoms with Crippen molar-refractivity contribution in [1.29, 1.82) is 0 Å². The minimum atomic E-state index is -0.265. The molecule has 1 amide bonds. The number of carbonyl (C=O) groups is 1. The minimum Gasteiger partial charge on any atom is -0.380 e. The molecule has 25 heavy (non-hydrogen) atoms. The highest BCUT2D eigenvalue weighted by Gasteiger charge is 2.08. The lowest BCUT2D eigenvalue weighted by Crippen LogP contribution is -2.28. The highest BCUT2D eigenvalue weighted by molar-refractivity contribution is 8.01. The Morgan fingerprint density at radius 2 is 2.08 bits per heavy atom. The van der Waals surface area contributed by atoms with Gasteiger partial charge in [-0.15, -0.1) is 11.3 Å². The number of nitrogens with zero attached hydrogens (tertiary/aromatic N) is 1. The molecule has 0 fully saturated rings. The van der Waals surface area contributed by atoms with Crippen LogP contribution in [0.5, 0.6) is 0 Å². The third-order valence-corrected chi connectivity index (χ3v) is 5.38. The average molecular weight is 383 g/mol. The number of ether oxygens (including phenoxy) is 1. The first-order valence-corrected chi connectivity index (χ1v) is 10.1. The Bertz CT molecular complexity index is 659. The lowest BCUT2D eigenvalue weighted by molar-refractivity contribution is -0.118. The third-order valence-electron chi connectivity index (χ3n) is 3.36. The largest absolute Gasteiger partial charge is 0.380 e. The van der Waals surface area contributed by atoms with Gasteiger partial charge in [-0.3, -0.25) is 4.79 Å². The highest BCUT2D eigenvalue weighted by atomic mass is 32.2. The van der Waals surface area contributed by atoms with Crippen molar-refractivity contribution < 1.29 is 13.9 Å². The number of hydrogen-bond acceptors (Lipinski definition) is 5. The zero-order valence-corrected chi connectivity index (χ0v) is 16.1. The van der Waals surface area contributed by atoms with E-state index < -0.39 is 0 Å². The Morgan fingerprint density at radius 3 is 2.80 bits per heavy atom. The molecule has 1 N–H and O–H groups in total. The molecule has 2 rings (SSSR count). The molecule has 0 unspecified atom stereocenters. The van der Waals surface area contributed by atoms with Gasteiger partial charge in [0.2, 0.25) is 5.91 Å². The molecule has 1 aromatic carbocycles. The van der Waals surface area contributed by atoms with Gasteiger partial charge in [-0.05, 0) is 36.6 Å². The van der Waals surface area contributed by atoms with Crippen LogP contribution in [0.4, 0.5) is 4.39 Å². The molecule has 1 heterocycles. The maximum atomic E-state index is 12.9. The van der Waals surface area contributed by atoms with Gasteiger partial charge < -0.3 is 10.1 Å². The van der Waals surface area contributed by atoms with Gasteiger partial charge in [0, 0.05) is 24.1 Å². The van der Waals surface area contributed by atoms with E-state index in [1.54, 1.807) is 12.1 Å². The van der Waals surface area contributed by atoms with Crippen molar-refractivity contribution in [3.63, 3.8) is 0 Å². The molecule has 0 saturated heterocycles. The third kappa shape index (κ3) is 7.54. The fraction of sp³-hybridized carbons (Fsp3) is 0.444. The highest BCUT2D eigenvalue weighted by Crippen LogP contribution is 2.28. The van der Waals surface area contributed by atoms with E-state index in [-0.39, 0.29) is 11.7 Å². The zero-order valence-electron chi connectivity index (χ0n) is 14.5. The number of amides is 1. The van der Waals surface area contributed by atoms with Crippen molar-refractivity contribution in [1.82, 2.24) is 10.3 Å². The van der Waals surface area contributed by atoms with Crippen LogP contribution in [0, 0.1) is 11.7 Å². The molecule has 0 saturated carbocycles. The summed E-state index contributed by atoms with van der Waals surface area (Å²) in [4.78, 5) is 16.3. The number of rotatable bonds is 10. The molecule has 1 aromatic heterocycles. The van der Waals surface area contributed by atoms with Gasteiger partial charge in [-0.1, -0.05) is 25.6 Å². The van der Waals surface area contributed by atoms with Crippen LogP contribution in [0.2, 0.25) is 0 Å². The standard InChI is InChI=1S/C18H23FN2O2S2/c1-13(2)7-9-23-10-8-20-17(22)12-25-18-21-16(11-24-18)14-3-5-15(19)6-4-14/h3-6,11,13H,7-10,12H2,1-2H3,(H,20,22). The van der Waals surface area contributed by atoms with E-state index in [2.05, 4.69) is 24.1 Å². The first kappa shape index (κ1) is 19.9. The molecule has 0 aliphatic heterocycles. The normalized spacial score (nSPS) is 11.0. The molecule has 2 aromatic rings. The first-order valence-electron chi connectivity index (χ1n) is 8.23. The van der Waals surface area contributed by atoms with E-state index >= 15 is 0 Å². The summed E-state index contributed by atoms with van der Waals surface area (Å²) in [7, 11) is 0. The number of aromatic nitrogens is 1. The summed E-state index contributed by atoms with van der Waals surface area (Å²) >= 11 is 2.88. The van der Waals surface area contributed by atoms with Crippen molar-refractivity contribution in [2.45, 2.75) is 24.6 Å². The number of halogens is 1. The number of thioether (sulfide) groups is 1. The van der Waals surface area contributed by atoms with Crippen LogP contribution in [0.15, 0.2) is 34.0 Å². The van der Waals surface area contributed by atoms with Gasteiger partial charge >= 0.3 is 0 Å². The summed E-state index contributed by atoms with van der Waals surface area (Å²) in [5, 5.41) is 4.75. The molecule has 0 aliphatic rings. The lowest BCUT2D eigenvalue weighted by Gasteiger charge is -2.07. The van der Waals surface area contributed by atoms with Crippen LogP contribution in [0.25, 0.3) is 11.3 Å². The van der Waals surface area contributed by atoms with Gasteiger partial charge in [-0.25, -0.2) is 9.37 Å². The Morgan fingerprint density at radius 1 is 1.32 bits per heavy atom. The van der Waals surface area contributed by atoms with Crippen LogP contribution in [0.3, 0.4) is 0 Å². The zero-order chi connectivity index (χ0) is 18.1.